The molecule has 94 valence electrons. The zero-order valence-electron chi connectivity index (χ0n) is 10.0. The molecule has 0 aromatic heterocycles. The molecule has 17 heavy (non-hydrogen) atoms. The lowest BCUT2D eigenvalue weighted by atomic mass is 10.1. The number of aliphatic hydroxyl groups is 1. The van der Waals surface area contributed by atoms with Crippen molar-refractivity contribution in [3.63, 3.8) is 0 Å². The van der Waals surface area contributed by atoms with Gasteiger partial charge in [-0.15, -0.1) is 0 Å². The molecule has 0 unspecified atom stereocenters. The van der Waals surface area contributed by atoms with Gasteiger partial charge < -0.3 is 19.8 Å². The van der Waals surface area contributed by atoms with Crippen LogP contribution in [0.4, 0.5) is 0 Å². The summed E-state index contributed by atoms with van der Waals surface area (Å²) >= 11 is 0. The Labute approximate surface area is 100 Å². The quantitative estimate of drug-likeness (QED) is 0.343. The number of benzene rings is 1. The molecule has 0 aliphatic carbocycles. The second kappa shape index (κ2) is 6.75. The first-order valence-corrected chi connectivity index (χ1v) is 5.33. The van der Waals surface area contributed by atoms with Crippen molar-refractivity contribution >= 4 is 5.71 Å². The van der Waals surface area contributed by atoms with E-state index in [1.54, 1.807) is 32.2 Å². The first-order valence-electron chi connectivity index (χ1n) is 5.33. The number of ether oxygens (including phenoxy) is 2. The predicted molar refractivity (Wildman–Crippen MR) is 64.2 cm³/mol. The summed E-state index contributed by atoms with van der Waals surface area (Å²) in [6, 6.07) is 5.27. The zero-order valence-corrected chi connectivity index (χ0v) is 10.0. The Morgan fingerprint density at radius 2 is 2.12 bits per heavy atom. The molecule has 2 N–H and O–H groups in total. The highest BCUT2D eigenvalue weighted by Crippen LogP contribution is 2.28. The van der Waals surface area contributed by atoms with Crippen LogP contribution in [0.25, 0.3) is 0 Å². The molecule has 0 spiro atoms. The van der Waals surface area contributed by atoms with Crippen molar-refractivity contribution in [3.8, 4) is 11.5 Å². The van der Waals surface area contributed by atoms with Gasteiger partial charge in [0.25, 0.3) is 0 Å². The van der Waals surface area contributed by atoms with E-state index in [4.69, 9.17) is 19.8 Å². The summed E-state index contributed by atoms with van der Waals surface area (Å²) in [5.41, 5.74) is 1.27. The third-order valence-corrected chi connectivity index (χ3v) is 2.29. The third kappa shape index (κ3) is 3.64. The number of aliphatic hydroxyl groups excluding tert-OH is 1. The molecule has 0 bridgehead atoms. The summed E-state index contributed by atoms with van der Waals surface area (Å²) < 4.78 is 10.6. The summed E-state index contributed by atoms with van der Waals surface area (Å²) in [4.78, 5) is 0. The SMILES string of the molecule is COc1cc(C(C)=NO)ccc1OCCCO. The Hall–Kier alpha value is -1.75. The van der Waals surface area contributed by atoms with Crippen LogP contribution in [-0.4, -0.2) is 36.3 Å². The van der Waals surface area contributed by atoms with Gasteiger partial charge in [0.2, 0.25) is 0 Å². The van der Waals surface area contributed by atoms with Crippen molar-refractivity contribution in [2.45, 2.75) is 13.3 Å². The normalized spacial score (nSPS) is 11.4. The van der Waals surface area contributed by atoms with Crippen molar-refractivity contribution in [1.82, 2.24) is 0 Å². The molecule has 0 radical (unpaired) electrons. The summed E-state index contributed by atoms with van der Waals surface area (Å²) in [6.07, 6.45) is 0.571. The molecule has 1 aromatic carbocycles. The van der Waals surface area contributed by atoms with E-state index in [0.29, 0.717) is 30.2 Å². The summed E-state index contributed by atoms with van der Waals surface area (Å²) in [7, 11) is 1.55. The molecule has 0 heterocycles. The van der Waals surface area contributed by atoms with Gasteiger partial charge in [-0.1, -0.05) is 5.16 Å². The number of methoxy groups -OCH3 is 1. The van der Waals surface area contributed by atoms with Crippen LogP contribution in [0.2, 0.25) is 0 Å². The fourth-order valence-electron chi connectivity index (χ4n) is 1.32. The fourth-order valence-corrected chi connectivity index (χ4v) is 1.32. The Balaban J connectivity index is 2.85. The maximum atomic E-state index is 8.68. The van der Waals surface area contributed by atoms with Gasteiger partial charge in [0, 0.05) is 18.6 Å². The average Bonchev–Trinajstić information content (AvgIpc) is 2.38. The van der Waals surface area contributed by atoms with E-state index in [1.807, 2.05) is 0 Å². The minimum Gasteiger partial charge on any atom is -0.493 e. The van der Waals surface area contributed by atoms with Crippen LogP contribution < -0.4 is 9.47 Å². The molecule has 5 nitrogen and oxygen atoms in total. The summed E-state index contributed by atoms with van der Waals surface area (Å²) in [5, 5.41) is 20.5. The molecule has 1 aromatic rings. The van der Waals surface area contributed by atoms with Crippen LogP contribution >= 0.6 is 0 Å². The average molecular weight is 239 g/mol. The maximum Gasteiger partial charge on any atom is 0.161 e. The van der Waals surface area contributed by atoms with Gasteiger partial charge in [-0.3, -0.25) is 0 Å². The molecule has 0 aliphatic rings. The van der Waals surface area contributed by atoms with Crippen molar-refractivity contribution in [2.24, 2.45) is 5.16 Å². The van der Waals surface area contributed by atoms with Crippen LogP contribution in [0.3, 0.4) is 0 Å². The zero-order chi connectivity index (χ0) is 12.7. The van der Waals surface area contributed by atoms with E-state index < -0.39 is 0 Å². The van der Waals surface area contributed by atoms with Gasteiger partial charge in [0.15, 0.2) is 11.5 Å². The first kappa shape index (κ1) is 13.3. The number of hydrogen-bond acceptors (Lipinski definition) is 5. The molecular formula is C12H17NO4. The first-order chi connectivity index (χ1) is 8.22. The largest absolute Gasteiger partial charge is 0.493 e. The lowest BCUT2D eigenvalue weighted by Crippen LogP contribution is -2.02. The highest BCUT2D eigenvalue weighted by Gasteiger charge is 2.07. The number of hydrogen-bond donors (Lipinski definition) is 2. The van der Waals surface area contributed by atoms with E-state index in [1.165, 1.54) is 0 Å². The number of rotatable bonds is 6. The Bertz CT molecular complexity index is 390. The molecule has 0 saturated heterocycles. The molecule has 0 fully saturated rings. The van der Waals surface area contributed by atoms with E-state index >= 15 is 0 Å². The highest BCUT2D eigenvalue weighted by molar-refractivity contribution is 5.98. The Morgan fingerprint density at radius 3 is 2.71 bits per heavy atom. The molecule has 0 amide bonds. The Kier molecular flexibility index (Phi) is 5.29. The fraction of sp³-hybridized carbons (Fsp3) is 0.417. The Morgan fingerprint density at radius 1 is 1.35 bits per heavy atom. The van der Waals surface area contributed by atoms with Gasteiger partial charge in [-0.2, -0.15) is 0 Å². The number of oxime groups is 1. The molecular weight excluding hydrogens is 222 g/mol. The van der Waals surface area contributed by atoms with Crippen LogP contribution in [0.15, 0.2) is 23.4 Å². The summed E-state index contributed by atoms with van der Waals surface area (Å²) in [6.45, 7) is 2.22. The van der Waals surface area contributed by atoms with E-state index in [2.05, 4.69) is 5.16 Å². The third-order valence-electron chi connectivity index (χ3n) is 2.29. The van der Waals surface area contributed by atoms with Crippen LogP contribution in [-0.2, 0) is 0 Å². The monoisotopic (exact) mass is 239 g/mol. The highest BCUT2D eigenvalue weighted by atomic mass is 16.5. The van der Waals surface area contributed by atoms with Crippen molar-refractivity contribution in [2.75, 3.05) is 20.3 Å². The smallest absolute Gasteiger partial charge is 0.161 e. The topological polar surface area (TPSA) is 71.3 Å². The van der Waals surface area contributed by atoms with E-state index in [-0.39, 0.29) is 6.61 Å². The maximum absolute atomic E-state index is 8.68. The minimum atomic E-state index is 0.0939. The van der Waals surface area contributed by atoms with Gasteiger partial charge in [0.1, 0.15) is 0 Å². The van der Waals surface area contributed by atoms with Crippen molar-refractivity contribution in [3.05, 3.63) is 23.8 Å². The van der Waals surface area contributed by atoms with Crippen molar-refractivity contribution < 1.29 is 19.8 Å². The van der Waals surface area contributed by atoms with Gasteiger partial charge in [-0.25, -0.2) is 0 Å². The minimum absolute atomic E-state index is 0.0939. The molecule has 0 aliphatic heterocycles. The van der Waals surface area contributed by atoms with E-state index in [0.717, 1.165) is 5.56 Å². The molecule has 0 saturated carbocycles. The molecule has 5 heteroatoms. The van der Waals surface area contributed by atoms with Crippen LogP contribution in [0.5, 0.6) is 11.5 Å². The van der Waals surface area contributed by atoms with Crippen LogP contribution in [0, 0.1) is 0 Å². The lowest BCUT2D eigenvalue weighted by Gasteiger charge is -2.11. The van der Waals surface area contributed by atoms with Crippen molar-refractivity contribution in [1.29, 1.82) is 0 Å². The van der Waals surface area contributed by atoms with Gasteiger partial charge in [-0.05, 0) is 25.1 Å². The number of nitrogens with zero attached hydrogens (tertiary/aromatic N) is 1. The van der Waals surface area contributed by atoms with Gasteiger partial charge >= 0.3 is 0 Å². The second-order valence-electron chi connectivity index (χ2n) is 3.48. The summed E-state index contributed by atoms with van der Waals surface area (Å²) in [5.74, 6) is 1.18. The molecule has 0 atom stereocenters. The van der Waals surface area contributed by atoms with Crippen LogP contribution in [0.1, 0.15) is 18.9 Å². The second-order valence-corrected chi connectivity index (χ2v) is 3.48. The predicted octanol–water partition coefficient (Wildman–Crippen LogP) is 1.65. The van der Waals surface area contributed by atoms with E-state index in [9.17, 15) is 0 Å². The lowest BCUT2D eigenvalue weighted by molar-refractivity contribution is 0.228. The van der Waals surface area contributed by atoms with Gasteiger partial charge in [0.05, 0.1) is 19.4 Å². The standard InChI is InChI=1S/C12H17NO4/c1-9(13-15)10-4-5-11(12(8-10)16-2)17-7-3-6-14/h4-5,8,14-15H,3,6-7H2,1-2H3. The molecule has 1 rings (SSSR count).